The second-order valence-electron chi connectivity index (χ2n) is 8.02. The third-order valence-corrected chi connectivity index (χ3v) is 7.10. The van der Waals surface area contributed by atoms with Gasteiger partial charge >= 0.3 is 0 Å². The summed E-state index contributed by atoms with van der Waals surface area (Å²) in [5.74, 6) is 0. The maximum absolute atomic E-state index is 5.93. The Labute approximate surface area is 173 Å². The lowest BCUT2D eigenvalue weighted by atomic mass is 9.96. The number of nitrogens with two attached hydrogens (primary N) is 1. The van der Waals surface area contributed by atoms with E-state index in [0.29, 0.717) is 6.04 Å². The Morgan fingerprint density at radius 2 is 1.93 bits per heavy atom. The second kappa shape index (κ2) is 9.25. The number of hydrogen-bond acceptors (Lipinski definition) is 6. The Balaban J connectivity index is 1.28. The smallest absolute Gasteiger partial charge is 0.180 e. The summed E-state index contributed by atoms with van der Waals surface area (Å²) < 4.78 is 0. The molecule has 2 heterocycles. The monoisotopic (exact) mass is 399 g/mol. The maximum atomic E-state index is 5.93. The summed E-state index contributed by atoms with van der Waals surface area (Å²) in [6, 6.07) is 11.5. The molecule has 152 valence electrons. The van der Waals surface area contributed by atoms with Crippen LogP contribution in [0.5, 0.6) is 0 Å². The summed E-state index contributed by atoms with van der Waals surface area (Å²) in [6.45, 7) is 10.4. The van der Waals surface area contributed by atoms with Gasteiger partial charge in [0.1, 0.15) is 0 Å². The fourth-order valence-corrected chi connectivity index (χ4v) is 5.54. The first-order chi connectivity index (χ1) is 13.7. The number of nitrogens with zero attached hydrogens (tertiary/aromatic N) is 4. The molecule has 1 atom stereocenters. The third-order valence-electron chi connectivity index (χ3n) is 6.15. The summed E-state index contributed by atoms with van der Waals surface area (Å²) in [5.41, 5.74) is 8.55. The molecule has 0 radical (unpaired) electrons. The molecule has 1 aliphatic heterocycles. The standard InChI is InChI=1S/C22H33N5S/c1-2-10-26(19-8-9-20-21(17-19)28-22(23)24-20)14-11-25-12-15-27(16-13-25)18-6-4-3-5-7-18/h3-7,19H,2,8-17H2,1H3,(H2,23,24)/t19-/m1/s1. The van der Waals surface area contributed by atoms with Crippen molar-refractivity contribution in [1.29, 1.82) is 0 Å². The van der Waals surface area contributed by atoms with Gasteiger partial charge in [-0.05, 0) is 44.4 Å². The van der Waals surface area contributed by atoms with Gasteiger partial charge in [0.05, 0.1) is 5.69 Å². The first-order valence-electron chi connectivity index (χ1n) is 10.7. The van der Waals surface area contributed by atoms with Gasteiger partial charge in [-0.3, -0.25) is 9.80 Å². The highest BCUT2D eigenvalue weighted by Crippen LogP contribution is 2.30. The summed E-state index contributed by atoms with van der Waals surface area (Å²) in [5, 5.41) is 0.740. The van der Waals surface area contributed by atoms with Crippen LogP contribution in [0.2, 0.25) is 0 Å². The summed E-state index contributed by atoms with van der Waals surface area (Å²) in [4.78, 5) is 13.8. The van der Waals surface area contributed by atoms with Crippen LogP contribution in [0.4, 0.5) is 10.8 Å². The van der Waals surface area contributed by atoms with Crippen LogP contribution in [-0.4, -0.2) is 66.6 Å². The molecular weight excluding hydrogens is 366 g/mol. The number of aryl methyl sites for hydroxylation is 1. The van der Waals surface area contributed by atoms with E-state index in [1.54, 1.807) is 11.3 Å². The van der Waals surface area contributed by atoms with Crippen molar-refractivity contribution in [3.8, 4) is 0 Å². The minimum absolute atomic E-state index is 0.651. The number of nitrogen functional groups attached to an aromatic ring is 1. The van der Waals surface area contributed by atoms with E-state index < -0.39 is 0 Å². The molecular formula is C22H33N5S. The zero-order valence-electron chi connectivity index (χ0n) is 17.0. The van der Waals surface area contributed by atoms with Gasteiger partial charge in [-0.15, -0.1) is 11.3 Å². The number of aromatic nitrogens is 1. The van der Waals surface area contributed by atoms with Crippen molar-refractivity contribution < 1.29 is 0 Å². The fraction of sp³-hybridized carbons (Fsp3) is 0.591. The molecule has 1 aromatic carbocycles. The molecule has 1 saturated heterocycles. The van der Waals surface area contributed by atoms with Crippen molar-refractivity contribution in [3.63, 3.8) is 0 Å². The molecule has 0 amide bonds. The Bertz CT molecular complexity index is 739. The van der Waals surface area contributed by atoms with Gasteiger partial charge in [-0.1, -0.05) is 25.1 Å². The SMILES string of the molecule is CCCN(CCN1CCN(c2ccccc2)CC1)[C@@H]1CCc2nc(N)sc2C1. The van der Waals surface area contributed by atoms with E-state index in [1.165, 1.54) is 48.7 Å². The zero-order valence-corrected chi connectivity index (χ0v) is 17.8. The minimum Gasteiger partial charge on any atom is -0.375 e. The average molecular weight is 400 g/mol. The van der Waals surface area contributed by atoms with Crippen LogP contribution < -0.4 is 10.6 Å². The molecule has 0 unspecified atom stereocenters. The lowest BCUT2D eigenvalue weighted by Gasteiger charge is -2.39. The Kier molecular flexibility index (Phi) is 6.50. The van der Waals surface area contributed by atoms with Crippen LogP contribution in [0.3, 0.4) is 0 Å². The normalized spacial score (nSPS) is 20.5. The van der Waals surface area contributed by atoms with Crippen molar-refractivity contribution in [3.05, 3.63) is 40.9 Å². The molecule has 5 nitrogen and oxygen atoms in total. The first-order valence-corrected chi connectivity index (χ1v) is 11.5. The fourth-order valence-electron chi connectivity index (χ4n) is 4.59. The Hall–Kier alpha value is -1.63. The van der Waals surface area contributed by atoms with Gasteiger partial charge in [0.15, 0.2) is 5.13 Å². The topological polar surface area (TPSA) is 48.6 Å². The van der Waals surface area contributed by atoms with Crippen LogP contribution in [0.15, 0.2) is 30.3 Å². The molecule has 2 aromatic rings. The van der Waals surface area contributed by atoms with Crippen LogP contribution in [-0.2, 0) is 12.8 Å². The van der Waals surface area contributed by atoms with Gasteiger partial charge in [0, 0.05) is 55.9 Å². The summed E-state index contributed by atoms with van der Waals surface area (Å²) in [7, 11) is 0. The quantitative estimate of drug-likeness (QED) is 0.775. The molecule has 1 aliphatic carbocycles. The molecule has 2 N–H and O–H groups in total. The Morgan fingerprint density at radius 3 is 2.68 bits per heavy atom. The average Bonchev–Trinajstić information content (AvgIpc) is 3.11. The van der Waals surface area contributed by atoms with Gasteiger partial charge in [-0.2, -0.15) is 0 Å². The molecule has 6 heteroatoms. The molecule has 4 rings (SSSR count). The lowest BCUT2D eigenvalue weighted by molar-refractivity contribution is 0.146. The van der Waals surface area contributed by atoms with Crippen LogP contribution in [0.25, 0.3) is 0 Å². The van der Waals surface area contributed by atoms with E-state index in [-0.39, 0.29) is 0 Å². The van der Waals surface area contributed by atoms with E-state index >= 15 is 0 Å². The van der Waals surface area contributed by atoms with Crippen LogP contribution in [0, 0.1) is 0 Å². The van der Waals surface area contributed by atoms with E-state index in [1.807, 2.05) is 0 Å². The molecule has 2 aliphatic rings. The summed E-state index contributed by atoms with van der Waals surface area (Å²) >= 11 is 1.70. The zero-order chi connectivity index (χ0) is 19.3. The number of hydrogen-bond donors (Lipinski definition) is 1. The molecule has 1 aromatic heterocycles. The molecule has 28 heavy (non-hydrogen) atoms. The Morgan fingerprint density at radius 1 is 1.14 bits per heavy atom. The lowest BCUT2D eigenvalue weighted by Crippen LogP contribution is -2.50. The number of benzene rings is 1. The predicted molar refractivity (Wildman–Crippen MR) is 119 cm³/mol. The molecule has 0 bridgehead atoms. The van der Waals surface area contributed by atoms with Crippen LogP contribution >= 0.6 is 11.3 Å². The minimum atomic E-state index is 0.651. The second-order valence-corrected chi connectivity index (χ2v) is 9.13. The highest BCUT2D eigenvalue weighted by atomic mass is 32.1. The number of para-hydroxylation sites is 1. The molecule has 0 saturated carbocycles. The van der Waals surface area contributed by atoms with Gasteiger partial charge in [-0.25, -0.2) is 4.98 Å². The number of piperazine rings is 1. The van der Waals surface area contributed by atoms with Crippen molar-refractivity contribution in [1.82, 2.24) is 14.8 Å². The van der Waals surface area contributed by atoms with Gasteiger partial charge in [0.25, 0.3) is 0 Å². The largest absolute Gasteiger partial charge is 0.375 e. The predicted octanol–water partition coefficient (Wildman–Crippen LogP) is 3.12. The number of rotatable bonds is 7. The van der Waals surface area contributed by atoms with Crippen molar-refractivity contribution >= 4 is 22.2 Å². The van der Waals surface area contributed by atoms with Crippen LogP contribution in [0.1, 0.15) is 30.3 Å². The van der Waals surface area contributed by atoms with Gasteiger partial charge < -0.3 is 10.6 Å². The van der Waals surface area contributed by atoms with E-state index in [4.69, 9.17) is 5.73 Å². The third kappa shape index (κ3) is 4.67. The highest BCUT2D eigenvalue weighted by molar-refractivity contribution is 7.15. The van der Waals surface area contributed by atoms with E-state index in [0.717, 1.165) is 44.2 Å². The van der Waals surface area contributed by atoms with Crippen molar-refractivity contribution in [2.45, 2.75) is 38.6 Å². The number of thiazole rings is 1. The number of fused-ring (bicyclic) bond motifs is 1. The summed E-state index contributed by atoms with van der Waals surface area (Å²) in [6.07, 6.45) is 4.66. The van der Waals surface area contributed by atoms with Gasteiger partial charge in [0.2, 0.25) is 0 Å². The van der Waals surface area contributed by atoms with Crippen molar-refractivity contribution in [2.24, 2.45) is 0 Å². The van der Waals surface area contributed by atoms with Crippen molar-refractivity contribution in [2.75, 3.05) is 56.4 Å². The highest BCUT2D eigenvalue weighted by Gasteiger charge is 2.27. The maximum Gasteiger partial charge on any atom is 0.180 e. The number of anilines is 2. The molecule has 1 fully saturated rings. The molecule has 0 spiro atoms. The van der Waals surface area contributed by atoms with E-state index in [9.17, 15) is 0 Å². The van der Waals surface area contributed by atoms with E-state index in [2.05, 4.69) is 56.9 Å². The first kappa shape index (κ1) is 19.7.